The van der Waals surface area contributed by atoms with Crippen LogP contribution >= 0.6 is 0 Å². The van der Waals surface area contributed by atoms with Gasteiger partial charge in [0.2, 0.25) is 0 Å². The largest absolute Gasteiger partial charge is 0.465 e. The summed E-state index contributed by atoms with van der Waals surface area (Å²) in [4.78, 5) is 27.1. The molecule has 0 aliphatic carbocycles. The molecule has 0 spiro atoms. The Morgan fingerprint density at radius 1 is 1.06 bits per heavy atom. The van der Waals surface area contributed by atoms with Crippen LogP contribution in [-0.2, 0) is 6.54 Å². The summed E-state index contributed by atoms with van der Waals surface area (Å²) < 4.78 is 5.51. The number of amides is 3. The van der Waals surface area contributed by atoms with Gasteiger partial charge in [0.1, 0.15) is 11.5 Å². The molecule has 4 rings (SSSR count). The maximum atomic E-state index is 12.7. The number of aryl methyl sites for hydroxylation is 1. The third-order valence-corrected chi connectivity index (χ3v) is 5.57. The second-order valence-electron chi connectivity index (χ2n) is 7.90. The smallest absolute Gasteiger partial charge is 0.321 e. The summed E-state index contributed by atoms with van der Waals surface area (Å²) in [6, 6.07) is 20.8. The minimum absolute atomic E-state index is 0.0847. The molecule has 1 saturated heterocycles. The summed E-state index contributed by atoms with van der Waals surface area (Å²) in [5, 5.41) is 5.87. The highest BCUT2D eigenvalue weighted by Crippen LogP contribution is 2.28. The lowest BCUT2D eigenvalue weighted by Gasteiger charge is -2.33. The van der Waals surface area contributed by atoms with E-state index < -0.39 is 0 Å². The van der Waals surface area contributed by atoms with Crippen LogP contribution in [0.25, 0.3) is 0 Å². The molecule has 0 saturated carbocycles. The molecule has 31 heavy (non-hydrogen) atoms. The molecule has 1 aliphatic rings. The number of benzene rings is 2. The Morgan fingerprint density at radius 3 is 2.68 bits per heavy atom. The van der Waals surface area contributed by atoms with Crippen LogP contribution in [0.5, 0.6) is 0 Å². The lowest BCUT2D eigenvalue weighted by Crippen LogP contribution is -2.41. The van der Waals surface area contributed by atoms with E-state index in [0.29, 0.717) is 18.7 Å². The third kappa shape index (κ3) is 5.34. The fourth-order valence-corrected chi connectivity index (χ4v) is 3.94. The van der Waals surface area contributed by atoms with Crippen LogP contribution in [0.2, 0.25) is 0 Å². The molecular weight excluding hydrogens is 390 g/mol. The second-order valence-corrected chi connectivity index (χ2v) is 7.90. The van der Waals surface area contributed by atoms with E-state index in [4.69, 9.17) is 4.42 Å². The number of likely N-dealkylation sites (tertiary alicyclic amines) is 1. The van der Waals surface area contributed by atoms with Crippen molar-refractivity contribution < 1.29 is 14.0 Å². The van der Waals surface area contributed by atoms with E-state index >= 15 is 0 Å². The van der Waals surface area contributed by atoms with E-state index in [2.05, 4.69) is 10.6 Å². The molecule has 3 aromatic rings. The monoisotopic (exact) mass is 417 g/mol. The highest BCUT2D eigenvalue weighted by molar-refractivity contribution is 5.94. The predicted molar refractivity (Wildman–Crippen MR) is 120 cm³/mol. The third-order valence-electron chi connectivity index (χ3n) is 5.57. The Morgan fingerprint density at radius 2 is 1.90 bits per heavy atom. The van der Waals surface area contributed by atoms with Crippen molar-refractivity contribution in [3.63, 3.8) is 0 Å². The van der Waals surface area contributed by atoms with Gasteiger partial charge in [-0.2, -0.15) is 0 Å². The maximum Gasteiger partial charge on any atom is 0.321 e. The summed E-state index contributed by atoms with van der Waals surface area (Å²) in [6.07, 6.45) is 1.92. The molecule has 6 heteroatoms. The van der Waals surface area contributed by atoms with E-state index in [0.717, 1.165) is 42.2 Å². The number of hydrogen-bond acceptors (Lipinski definition) is 3. The van der Waals surface area contributed by atoms with Crippen molar-refractivity contribution in [3.8, 4) is 0 Å². The quantitative estimate of drug-likeness (QED) is 0.618. The van der Waals surface area contributed by atoms with E-state index in [9.17, 15) is 9.59 Å². The molecule has 0 unspecified atom stereocenters. The standard InChI is InChI=1S/C25H27N3O3/c1-18-12-13-23(31-18)16-26-24(29)20-8-5-7-19(15-20)21-9-6-14-28(17-21)25(30)27-22-10-3-2-4-11-22/h2-5,7-8,10-13,15,21H,6,9,14,16-17H2,1H3,(H,26,29)(H,27,30)/t21-/m0/s1. The Balaban J connectivity index is 1.38. The van der Waals surface area contributed by atoms with Gasteiger partial charge in [-0.15, -0.1) is 0 Å². The Hall–Kier alpha value is -3.54. The first-order valence-electron chi connectivity index (χ1n) is 10.6. The van der Waals surface area contributed by atoms with E-state index in [1.807, 2.05) is 78.6 Å². The van der Waals surface area contributed by atoms with Crippen LogP contribution in [0.3, 0.4) is 0 Å². The summed E-state index contributed by atoms with van der Waals surface area (Å²) in [5.74, 6) is 1.62. The molecule has 0 bridgehead atoms. The first-order chi connectivity index (χ1) is 15.1. The van der Waals surface area contributed by atoms with Gasteiger partial charge in [-0.1, -0.05) is 30.3 Å². The molecule has 3 amide bonds. The lowest BCUT2D eigenvalue weighted by molar-refractivity contribution is 0.0947. The van der Waals surface area contributed by atoms with Crippen molar-refractivity contribution >= 4 is 17.6 Å². The number of piperidine rings is 1. The Labute approximate surface area is 182 Å². The number of nitrogens with zero attached hydrogens (tertiary/aromatic N) is 1. The first kappa shape index (κ1) is 20.7. The normalized spacial score (nSPS) is 16.0. The molecule has 2 aromatic carbocycles. The van der Waals surface area contributed by atoms with Crippen LogP contribution in [0.4, 0.5) is 10.5 Å². The lowest BCUT2D eigenvalue weighted by atomic mass is 9.89. The van der Waals surface area contributed by atoms with Crippen LogP contribution in [0.1, 0.15) is 46.2 Å². The van der Waals surface area contributed by atoms with Crippen LogP contribution in [-0.4, -0.2) is 29.9 Å². The molecule has 160 valence electrons. The number of furan rings is 1. The van der Waals surface area contributed by atoms with Gasteiger partial charge in [0.25, 0.3) is 5.91 Å². The SMILES string of the molecule is Cc1ccc(CNC(=O)c2cccc([C@H]3CCCN(C(=O)Nc4ccccc4)C3)c2)o1. The molecule has 2 N–H and O–H groups in total. The highest BCUT2D eigenvalue weighted by atomic mass is 16.3. The van der Waals surface area contributed by atoms with Crippen LogP contribution < -0.4 is 10.6 Å². The van der Waals surface area contributed by atoms with Gasteiger partial charge in [-0.3, -0.25) is 4.79 Å². The molecular formula is C25H27N3O3. The second kappa shape index (κ2) is 9.51. The summed E-state index contributed by atoms with van der Waals surface area (Å²) >= 11 is 0. The van der Waals surface area contributed by atoms with Gasteiger partial charge in [0.05, 0.1) is 6.54 Å². The topological polar surface area (TPSA) is 74.6 Å². The summed E-state index contributed by atoms with van der Waals surface area (Å²) in [7, 11) is 0. The summed E-state index contributed by atoms with van der Waals surface area (Å²) in [6.45, 7) is 3.60. The van der Waals surface area contributed by atoms with Crippen molar-refractivity contribution in [2.75, 3.05) is 18.4 Å². The van der Waals surface area contributed by atoms with Gasteiger partial charge in [0.15, 0.2) is 0 Å². The molecule has 0 radical (unpaired) electrons. The fourth-order valence-electron chi connectivity index (χ4n) is 3.94. The van der Waals surface area contributed by atoms with Gasteiger partial charge >= 0.3 is 6.03 Å². The number of rotatable bonds is 5. The van der Waals surface area contributed by atoms with Crippen molar-refractivity contribution in [1.29, 1.82) is 0 Å². The predicted octanol–water partition coefficient (Wildman–Crippen LogP) is 4.93. The maximum absolute atomic E-state index is 12.7. The van der Waals surface area contributed by atoms with Gasteiger partial charge in [-0.25, -0.2) is 4.79 Å². The number of carbonyl (C=O) groups excluding carboxylic acids is 2. The number of anilines is 1. The molecule has 1 atom stereocenters. The van der Waals surface area contributed by atoms with Crippen molar-refractivity contribution in [2.24, 2.45) is 0 Å². The number of nitrogens with one attached hydrogen (secondary N) is 2. The fraction of sp³-hybridized carbons (Fsp3) is 0.280. The average molecular weight is 418 g/mol. The van der Waals surface area contributed by atoms with E-state index in [1.54, 1.807) is 0 Å². The zero-order chi connectivity index (χ0) is 21.6. The highest BCUT2D eigenvalue weighted by Gasteiger charge is 2.25. The summed E-state index contributed by atoms with van der Waals surface area (Å²) in [5.41, 5.74) is 2.49. The zero-order valence-corrected chi connectivity index (χ0v) is 17.6. The number of carbonyl (C=O) groups is 2. The minimum Gasteiger partial charge on any atom is -0.465 e. The van der Waals surface area contributed by atoms with Crippen LogP contribution in [0, 0.1) is 6.92 Å². The zero-order valence-electron chi connectivity index (χ0n) is 17.6. The van der Waals surface area contributed by atoms with Gasteiger partial charge < -0.3 is 20.0 Å². The van der Waals surface area contributed by atoms with E-state index in [1.165, 1.54) is 0 Å². The molecule has 6 nitrogen and oxygen atoms in total. The van der Waals surface area contributed by atoms with Crippen molar-refractivity contribution in [1.82, 2.24) is 10.2 Å². The Bertz CT molecular complexity index is 1040. The molecule has 1 aliphatic heterocycles. The van der Waals surface area contributed by atoms with Gasteiger partial charge in [0, 0.05) is 30.3 Å². The molecule has 1 aromatic heterocycles. The number of urea groups is 1. The van der Waals surface area contributed by atoms with Crippen LogP contribution in [0.15, 0.2) is 71.1 Å². The number of hydrogen-bond donors (Lipinski definition) is 2. The van der Waals surface area contributed by atoms with E-state index in [-0.39, 0.29) is 17.9 Å². The molecule has 2 heterocycles. The van der Waals surface area contributed by atoms with Gasteiger partial charge in [-0.05, 0) is 61.7 Å². The average Bonchev–Trinajstić information content (AvgIpc) is 3.23. The minimum atomic E-state index is -0.134. The van der Waals surface area contributed by atoms with Crippen molar-refractivity contribution in [2.45, 2.75) is 32.2 Å². The Kier molecular flexibility index (Phi) is 6.36. The van der Waals surface area contributed by atoms with Crippen molar-refractivity contribution in [3.05, 3.63) is 89.4 Å². The molecule has 1 fully saturated rings. The first-order valence-corrected chi connectivity index (χ1v) is 10.6. The number of para-hydroxylation sites is 1.